The standard InChI is InChI=1S/C16H22O3/c1-15(2,3)11-5-6-13(19-4)12(9-11)14(18)16(10-17)7-8-16/h5-6,9,17H,7-8,10H2,1-4H3. The van der Waals surface area contributed by atoms with E-state index in [-0.39, 0.29) is 17.8 Å². The van der Waals surface area contributed by atoms with Gasteiger partial charge in [0.05, 0.1) is 24.7 Å². The second-order valence-corrected chi connectivity index (χ2v) is 6.43. The Morgan fingerprint density at radius 1 is 1.37 bits per heavy atom. The largest absolute Gasteiger partial charge is 0.496 e. The molecule has 1 aliphatic carbocycles. The lowest BCUT2D eigenvalue weighted by atomic mass is 9.84. The van der Waals surface area contributed by atoms with Crippen LogP contribution in [0, 0.1) is 5.41 Å². The van der Waals surface area contributed by atoms with E-state index >= 15 is 0 Å². The highest BCUT2D eigenvalue weighted by Gasteiger charge is 2.50. The molecule has 1 N–H and O–H groups in total. The number of carbonyl (C=O) groups excluding carboxylic acids is 1. The summed E-state index contributed by atoms with van der Waals surface area (Å²) < 4.78 is 5.30. The van der Waals surface area contributed by atoms with Crippen LogP contribution in [0.3, 0.4) is 0 Å². The first-order valence-electron chi connectivity index (χ1n) is 6.68. The number of ether oxygens (including phenoxy) is 1. The van der Waals surface area contributed by atoms with Crippen molar-refractivity contribution in [2.75, 3.05) is 13.7 Å². The van der Waals surface area contributed by atoms with E-state index in [0.29, 0.717) is 11.3 Å². The quantitative estimate of drug-likeness (QED) is 0.849. The summed E-state index contributed by atoms with van der Waals surface area (Å²) >= 11 is 0. The number of hydrogen-bond acceptors (Lipinski definition) is 3. The number of Topliss-reactive ketones (excluding diaryl/α,β-unsaturated/α-hetero) is 1. The lowest BCUT2D eigenvalue weighted by Gasteiger charge is -2.22. The Balaban J connectivity index is 2.45. The van der Waals surface area contributed by atoms with Crippen molar-refractivity contribution in [1.82, 2.24) is 0 Å². The molecule has 0 aromatic heterocycles. The highest BCUT2D eigenvalue weighted by molar-refractivity contribution is 6.04. The summed E-state index contributed by atoms with van der Waals surface area (Å²) in [6.45, 7) is 6.26. The lowest BCUT2D eigenvalue weighted by molar-refractivity contribution is 0.0826. The molecule has 0 spiro atoms. The minimum Gasteiger partial charge on any atom is -0.496 e. The van der Waals surface area contributed by atoms with Crippen LogP contribution in [0.5, 0.6) is 5.75 Å². The van der Waals surface area contributed by atoms with Gasteiger partial charge in [0, 0.05) is 0 Å². The molecule has 3 nitrogen and oxygen atoms in total. The number of aliphatic hydroxyl groups is 1. The third-order valence-electron chi connectivity index (χ3n) is 3.95. The number of methoxy groups -OCH3 is 1. The maximum absolute atomic E-state index is 12.6. The second-order valence-electron chi connectivity index (χ2n) is 6.43. The van der Waals surface area contributed by atoms with Crippen molar-refractivity contribution in [2.24, 2.45) is 5.41 Å². The maximum atomic E-state index is 12.6. The van der Waals surface area contributed by atoms with Crippen LogP contribution in [0.2, 0.25) is 0 Å². The van der Waals surface area contributed by atoms with Crippen LogP contribution in [0.4, 0.5) is 0 Å². The van der Waals surface area contributed by atoms with Crippen molar-refractivity contribution < 1.29 is 14.6 Å². The third kappa shape index (κ3) is 2.52. The molecular weight excluding hydrogens is 240 g/mol. The summed E-state index contributed by atoms with van der Waals surface area (Å²) in [6, 6.07) is 5.76. The fraction of sp³-hybridized carbons (Fsp3) is 0.562. The van der Waals surface area contributed by atoms with Gasteiger partial charge in [-0.3, -0.25) is 4.79 Å². The van der Waals surface area contributed by atoms with Gasteiger partial charge in [0.15, 0.2) is 5.78 Å². The smallest absolute Gasteiger partial charge is 0.175 e. The van der Waals surface area contributed by atoms with E-state index in [0.717, 1.165) is 18.4 Å². The molecule has 1 aromatic carbocycles. The van der Waals surface area contributed by atoms with E-state index in [9.17, 15) is 9.90 Å². The Labute approximate surface area is 114 Å². The van der Waals surface area contributed by atoms with Crippen molar-refractivity contribution in [3.63, 3.8) is 0 Å². The van der Waals surface area contributed by atoms with Gasteiger partial charge in [-0.1, -0.05) is 26.8 Å². The van der Waals surface area contributed by atoms with E-state index in [2.05, 4.69) is 20.8 Å². The molecule has 19 heavy (non-hydrogen) atoms. The Bertz CT molecular complexity index is 493. The first kappa shape index (κ1) is 14.1. The van der Waals surface area contributed by atoms with E-state index in [1.165, 1.54) is 0 Å². The number of ketones is 1. The molecule has 1 aliphatic rings. The molecule has 0 amide bonds. The molecule has 0 unspecified atom stereocenters. The van der Waals surface area contributed by atoms with Gasteiger partial charge < -0.3 is 9.84 Å². The number of benzene rings is 1. The zero-order chi connectivity index (χ0) is 14.3. The van der Waals surface area contributed by atoms with Crippen LogP contribution >= 0.6 is 0 Å². The molecule has 3 heteroatoms. The van der Waals surface area contributed by atoms with Gasteiger partial charge >= 0.3 is 0 Å². The van der Waals surface area contributed by atoms with E-state index in [4.69, 9.17) is 4.74 Å². The van der Waals surface area contributed by atoms with E-state index in [1.54, 1.807) is 7.11 Å². The van der Waals surface area contributed by atoms with Crippen molar-refractivity contribution in [2.45, 2.75) is 39.0 Å². The molecule has 0 aliphatic heterocycles. The molecule has 1 aromatic rings. The van der Waals surface area contributed by atoms with Crippen LogP contribution in [0.25, 0.3) is 0 Å². The maximum Gasteiger partial charge on any atom is 0.175 e. The number of carbonyl (C=O) groups is 1. The summed E-state index contributed by atoms with van der Waals surface area (Å²) in [6.07, 6.45) is 1.54. The van der Waals surface area contributed by atoms with Gasteiger partial charge in [0.2, 0.25) is 0 Å². The monoisotopic (exact) mass is 262 g/mol. The molecule has 0 saturated heterocycles. The zero-order valence-corrected chi connectivity index (χ0v) is 12.1. The van der Waals surface area contributed by atoms with Crippen LogP contribution in [0.1, 0.15) is 49.5 Å². The summed E-state index contributed by atoms with van der Waals surface area (Å²) in [5, 5.41) is 9.42. The van der Waals surface area contributed by atoms with Crippen LogP contribution in [-0.4, -0.2) is 24.6 Å². The Hall–Kier alpha value is -1.35. The average Bonchev–Trinajstić information content (AvgIpc) is 3.17. The van der Waals surface area contributed by atoms with Gasteiger partial charge in [-0.05, 0) is 36.0 Å². The highest BCUT2D eigenvalue weighted by atomic mass is 16.5. The van der Waals surface area contributed by atoms with Gasteiger partial charge in [-0.2, -0.15) is 0 Å². The van der Waals surface area contributed by atoms with Crippen LogP contribution < -0.4 is 4.74 Å². The predicted molar refractivity (Wildman–Crippen MR) is 74.8 cm³/mol. The molecule has 0 bridgehead atoms. The minimum absolute atomic E-state index is 0.0120. The first-order valence-corrected chi connectivity index (χ1v) is 6.68. The normalized spacial score (nSPS) is 17.1. The topological polar surface area (TPSA) is 46.5 Å². The average molecular weight is 262 g/mol. The highest BCUT2D eigenvalue weighted by Crippen LogP contribution is 2.49. The number of hydrogen-bond donors (Lipinski definition) is 1. The fourth-order valence-electron chi connectivity index (χ4n) is 2.25. The molecular formula is C16H22O3. The molecule has 1 saturated carbocycles. The molecule has 0 atom stereocenters. The van der Waals surface area contributed by atoms with Gasteiger partial charge in [0.1, 0.15) is 5.75 Å². The fourth-order valence-corrected chi connectivity index (χ4v) is 2.25. The van der Waals surface area contributed by atoms with Crippen LogP contribution in [0.15, 0.2) is 18.2 Å². The van der Waals surface area contributed by atoms with E-state index in [1.807, 2.05) is 18.2 Å². The van der Waals surface area contributed by atoms with Gasteiger partial charge in [-0.25, -0.2) is 0 Å². The van der Waals surface area contributed by atoms with Crippen molar-refractivity contribution >= 4 is 5.78 Å². The second kappa shape index (κ2) is 4.64. The molecule has 2 rings (SSSR count). The molecule has 1 fully saturated rings. The summed E-state index contributed by atoms with van der Waals surface area (Å²) in [5.41, 5.74) is 1.13. The molecule has 104 valence electrons. The van der Waals surface area contributed by atoms with Crippen molar-refractivity contribution in [1.29, 1.82) is 0 Å². The SMILES string of the molecule is COc1ccc(C(C)(C)C)cc1C(=O)C1(CO)CC1. The zero-order valence-electron chi connectivity index (χ0n) is 12.1. The Kier molecular flexibility index (Phi) is 3.43. The summed E-state index contributed by atoms with van der Waals surface area (Å²) in [5.74, 6) is 0.607. The Morgan fingerprint density at radius 2 is 2.00 bits per heavy atom. The molecule has 0 radical (unpaired) electrons. The van der Waals surface area contributed by atoms with Gasteiger partial charge in [-0.15, -0.1) is 0 Å². The van der Waals surface area contributed by atoms with Crippen LogP contribution in [-0.2, 0) is 5.41 Å². The van der Waals surface area contributed by atoms with Gasteiger partial charge in [0.25, 0.3) is 0 Å². The summed E-state index contributed by atoms with van der Waals surface area (Å²) in [4.78, 5) is 12.6. The third-order valence-corrected chi connectivity index (χ3v) is 3.95. The first-order chi connectivity index (χ1) is 8.84. The minimum atomic E-state index is -0.552. The number of aliphatic hydroxyl groups excluding tert-OH is 1. The Morgan fingerprint density at radius 3 is 2.42 bits per heavy atom. The van der Waals surface area contributed by atoms with Crippen molar-refractivity contribution in [3.8, 4) is 5.75 Å². The summed E-state index contributed by atoms with van der Waals surface area (Å²) in [7, 11) is 1.57. The lowest BCUT2D eigenvalue weighted by Crippen LogP contribution is -2.22. The molecule has 0 heterocycles. The van der Waals surface area contributed by atoms with E-state index < -0.39 is 5.41 Å². The predicted octanol–water partition coefficient (Wildman–Crippen LogP) is 2.95. The number of rotatable bonds is 4. The van der Waals surface area contributed by atoms with Crippen molar-refractivity contribution in [3.05, 3.63) is 29.3 Å².